The van der Waals surface area contributed by atoms with Gasteiger partial charge in [0, 0.05) is 26.2 Å². The van der Waals surface area contributed by atoms with Gasteiger partial charge in [0.1, 0.15) is 0 Å². The molecule has 0 atom stereocenters. The second-order valence-electron chi connectivity index (χ2n) is 2.62. The molecule has 0 aliphatic carbocycles. The number of hydroxylamine groups is 2. The highest BCUT2D eigenvalue weighted by Crippen LogP contribution is 2.12. The summed E-state index contributed by atoms with van der Waals surface area (Å²) in [6.45, 7) is 3.02. The van der Waals surface area contributed by atoms with Crippen molar-refractivity contribution in [1.29, 1.82) is 5.26 Å². The predicted molar refractivity (Wildman–Crippen MR) is 48.8 cm³/mol. The number of nitriles is 1. The van der Waals surface area contributed by atoms with Crippen LogP contribution in [0.1, 0.15) is 33.1 Å². The summed E-state index contributed by atoms with van der Waals surface area (Å²) in [7, 11) is 0. The number of hydrogen-bond acceptors (Lipinski definition) is 5. The van der Waals surface area contributed by atoms with E-state index >= 15 is 0 Å². The van der Waals surface area contributed by atoms with Gasteiger partial charge in [-0.2, -0.15) is 5.26 Å². The van der Waals surface area contributed by atoms with Crippen LogP contribution in [-0.2, 0) is 19.2 Å². The van der Waals surface area contributed by atoms with Crippen molar-refractivity contribution in [1.82, 2.24) is 5.06 Å². The Balaban J connectivity index is 0.000000583. The molecule has 0 aromatic carbocycles. The molecule has 82 valence electrons. The van der Waals surface area contributed by atoms with Gasteiger partial charge in [-0.3, -0.25) is 9.59 Å². The van der Waals surface area contributed by atoms with Crippen molar-refractivity contribution in [3.05, 3.63) is 0 Å². The van der Waals surface area contributed by atoms with Crippen molar-refractivity contribution in [2.75, 3.05) is 0 Å². The maximum atomic E-state index is 10.9. The van der Waals surface area contributed by atoms with Gasteiger partial charge in [-0.25, -0.2) is 4.79 Å². The Labute approximate surface area is 87.4 Å². The lowest BCUT2D eigenvalue weighted by Gasteiger charge is -2.10. The zero-order chi connectivity index (χ0) is 11.8. The Morgan fingerprint density at radius 3 is 2.20 bits per heavy atom. The molecule has 0 saturated carbocycles. The van der Waals surface area contributed by atoms with Crippen molar-refractivity contribution in [3.8, 4) is 6.07 Å². The summed E-state index contributed by atoms with van der Waals surface area (Å²) in [5, 5.41) is 7.87. The van der Waals surface area contributed by atoms with E-state index in [1.807, 2.05) is 0 Å². The van der Waals surface area contributed by atoms with Crippen LogP contribution in [0.25, 0.3) is 0 Å². The minimum Gasteiger partial charge on any atom is -0.330 e. The average Bonchev–Trinajstić information content (AvgIpc) is 2.50. The van der Waals surface area contributed by atoms with Crippen molar-refractivity contribution in [2.24, 2.45) is 0 Å². The van der Waals surface area contributed by atoms with Crippen LogP contribution in [0.5, 0.6) is 0 Å². The third kappa shape index (κ3) is 4.22. The smallest absolute Gasteiger partial charge is 0.330 e. The molecule has 0 spiro atoms. The first-order chi connectivity index (χ1) is 7.06. The first kappa shape index (κ1) is 13.1. The molecule has 6 heteroatoms. The number of amides is 2. The predicted octanol–water partition coefficient (Wildman–Crippen LogP) is 0.533. The number of rotatable bonds is 2. The highest BCUT2D eigenvalue weighted by Gasteiger charge is 2.32. The fourth-order valence-electron chi connectivity index (χ4n) is 0.824. The molecule has 0 unspecified atom stereocenters. The van der Waals surface area contributed by atoms with Crippen LogP contribution in [0, 0.1) is 11.3 Å². The van der Waals surface area contributed by atoms with Gasteiger partial charge < -0.3 is 4.84 Å². The van der Waals surface area contributed by atoms with Gasteiger partial charge in [0.15, 0.2) is 0 Å². The summed E-state index contributed by atoms with van der Waals surface area (Å²) in [6.07, 6.45) is 0.419. The lowest BCUT2D eigenvalue weighted by molar-refractivity contribution is -0.197. The first-order valence-electron chi connectivity index (χ1n) is 4.44. The molecule has 1 aliphatic rings. The highest BCUT2D eigenvalue weighted by molar-refractivity contribution is 6.01. The molecule has 1 fully saturated rings. The lowest BCUT2D eigenvalue weighted by Crippen LogP contribution is -2.31. The third-order valence-corrected chi connectivity index (χ3v) is 1.49. The van der Waals surface area contributed by atoms with Crippen LogP contribution in [0.2, 0.25) is 0 Å². The second kappa shape index (κ2) is 6.54. The molecule has 1 saturated heterocycles. The number of carbonyl (C=O) groups excluding carboxylic acids is 3. The van der Waals surface area contributed by atoms with Crippen LogP contribution in [0.3, 0.4) is 0 Å². The molecule has 15 heavy (non-hydrogen) atoms. The normalized spacial score (nSPS) is 14.1. The van der Waals surface area contributed by atoms with E-state index in [9.17, 15) is 14.4 Å². The summed E-state index contributed by atoms with van der Waals surface area (Å²) >= 11 is 0. The Hall–Kier alpha value is -1.90. The van der Waals surface area contributed by atoms with E-state index in [0.717, 1.165) is 0 Å². The minimum atomic E-state index is -0.571. The first-order valence-corrected chi connectivity index (χ1v) is 4.44. The van der Waals surface area contributed by atoms with E-state index in [4.69, 9.17) is 5.26 Å². The summed E-state index contributed by atoms with van der Waals surface area (Å²) in [6, 6.07) is 1.75. The molecule has 6 nitrogen and oxygen atoms in total. The monoisotopic (exact) mass is 212 g/mol. The summed E-state index contributed by atoms with van der Waals surface area (Å²) in [4.78, 5) is 36.9. The van der Waals surface area contributed by atoms with Crippen LogP contribution in [0.4, 0.5) is 0 Å². The average molecular weight is 212 g/mol. The molecule has 1 rings (SSSR count). The Bertz CT molecular complexity index is 290. The standard InChI is InChI=1S/C7H9NO4.C2H3N/c1-2-7(11)12-8-5(9)3-4-6(8)10;1-2-3/h2-4H2,1H3;1H3. The molecule has 0 bridgehead atoms. The van der Waals surface area contributed by atoms with Crippen molar-refractivity contribution >= 4 is 17.8 Å². The fourth-order valence-corrected chi connectivity index (χ4v) is 0.824. The maximum Gasteiger partial charge on any atom is 0.332 e. The largest absolute Gasteiger partial charge is 0.332 e. The van der Waals surface area contributed by atoms with E-state index in [0.29, 0.717) is 5.06 Å². The number of nitrogens with zero attached hydrogens (tertiary/aromatic N) is 2. The molecule has 0 aromatic rings. The van der Waals surface area contributed by atoms with Gasteiger partial charge in [0.2, 0.25) is 0 Å². The molecule has 1 aliphatic heterocycles. The summed E-state index contributed by atoms with van der Waals surface area (Å²) < 4.78 is 0. The van der Waals surface area contributed by atoms with Crippen LogP contribution >= 0.6 is 0 Å². The minimum absolute atomic E-state index is 0.135. The van der Waals surface area contributed by atoms with E-state index in [2.05, 4.69) is 4.84 Å². The Morgan fingerprint density at radius 1 is 1.47 bits per heavy atom. The SMILES string of the molecule is CC#N.CCC(=O)ON1C(=O)CCC1=O. The van der Waals surface area contributed by atoms with E-state index in [1.165, 1.54) is 6.92 Å². The highest BCUT2D eigenvalue weighted by atomic mass is 16.7. The van der Waals surface area contributed by atoms with Crippen LogP contribution < -0.4 is 0 Å². The summed E-state index contributed by atoms with van der Waals surface area (Å²) in [5.74, 6) is -1.46. The zero-order valence-corrected chi connectivity index (χ0v) is 8.65. The topological polar surface area (TPSA) is 87.5 Å². The van der Waals surface area contributed by atoms with Crippen molar-refractivity contribution in [2.45, 2.75) is 33.1 Å². The molecule has 0 radical (unpaired) electrons. The second-order valence-corrected chi connectivity index (χ2v) is 2.62. The summed E-state index contributed by atoms with van der Waals surface area (Å²) in [5.41, 5.74) is 0. The molecular weight excluding hydrogens is 200 g/mol. The zero-order valence-electron chi connectivity index (χ0n) is 8.65. The number of imide groups is 1. The molecular formula is C9H12N2O4. The van der Waals surface area contributed by atoms with Gasteiger partial charge in [-0.15, -0.1) is 5.06 Å². The molecule has 0 N–H and O–H groups in total. The fraction of sp³-hybridized carbons (Fsp3) is 0.556. The van der Waals surface area contributed by atoms with Crippen LogP contribution in [-0.4, -0.2) is 22.8 Å². The molecule has 0 aromatic heterocycles. The number of carbonyl (C=O) groups is 3. The van der Waals surface area contributed by atoms with Gasteiger partial charge in [0.25, 0.3) is 11.8 Å². The van der Waals surface area contributed by atoms with Crippen LogP contribution in [0.15, 0.2) is 0 Å². The Morgan fingerprint density at radius 2 is 1.87 bits per heavy atom. The maximum absolute atomic E-state index is 10.9. The van der Waals surface area contributed by atoms with Gasteiger partial charge in [-0.1, -0.05) is 6.92 Å². The number of hydrogen-bond donors (Lipinski definition) is 0. The van der Waals surface area contributed by atoms with Crippen molar-refractivity contribution in [3.63, 3.8) is 0 Å². The van der Waals surface area contributed by atoms with Gasteiger partial charge in [0.05, 0.1) is 6.07 Å². The van der Waals surface area contributed by atoms with E-state index in [1.54, 1.807) is 13.0 Å². The molecule has 1 heterocycles. The van der Waals surface area contributed by atoms with Crippen molar-refractivity contribution < 1.29 is 19.2 Å². The lowest BCUT2D eigenvalue weighted by atomic mass is 10.4. The molecule has 2 amide bonds. The third-order valence-electron chi connectivity index (χ3n) is 1.49. The van der Waals surface area contributed by atoms with Gasteiger partial charge in [-0.05, 0) is 0 Å². The van der Waals surface area contributed by atoms with E-state index < -0.39 is 17.8 Å². The van der Waals surface area contributed by atoms with Gasteiger partial charge >= 0.3 is 5.97 Å². The Kier molecular flexibility index (Phi) is 5.71. The quantitative estimate of drug-likeness (QED) is 0.623. The van der Waals surface area contributed by atoms with E-state index in [-0.39, 0.29) is 19.3 Å².